The van der Waals surface area contributed by atoms with Crippen LogP contribution in [-0.2, 0) is 0 Å². The number of anilines is 15. The Kier molecular flexibility index (Phi) is 24.2. The summed E-state index contributed by atoms with van der Waals surface area (Å²) in [6.07, 6.45) is 0.190. The molecule has 5 aliphatic rings. The smallest absolute Gasteiger partial charge is 0.212 e. The Morgan fingerprint density at radius 1 is 0.244 bits per heavy atom. The summed E-state index contributed by atoms with van der Waals surface area (Å²) in [7, 11) is 9.91. The van der Waals surface area contributed by atoms with Gasteiger partial charge in [-0.25, -0.2) is 24.2 Å². The lowest BCUT2D eigenvalue weighted by Crippen LogP contribution is -2.36. The molecule has 0 N–H and O–H groups in total. The standard InChI is InChI=1S/4C20H20N4.C19H18N4/c1-12-9-14(3)18(10-13(12)2)24-15(4)23(6)19-16(11-21)7-8-17(22-5)20(19)24;1-12-9-13(2)14(3)18(10-12)24-15(4)23(6)19-16(11-21)7-8-17(22-5)20(19)24;1-12-9-13(2)18(14(3)10-12)24-15(4)23(6)19-16(11-21)7-8-17(22-5)20(19)24;1-12-7-8-13(2)18(14(12)3)24-15(4)23(6)19-16(11-21)9-10-17(22-5)20(19)24;1-12-7-6-8-13(2)17(12)23-14(3)22(5)18-15(11-20)9-10-16(21-4)19(18)23/h4*7-10,15H,1-4,6H3;6-10,14H,1-3,5H3/t4*15-;14-/m00000/s1. The van der Waals surface area contributed by atoms with Gasteiger partial charge in [0.2, 0.25) is 28.4 Å². The van der Waals surface area contributed by atoms with Crippen molar-refractivity contribution in [3.8, 4) is 30.3 Å². The minimum Gasteiger partial charge on any atom is -0.353 e. The normalized spacial score (nSPS) is 15.9. The Labute approximate surface area is 703 Å². The van der Waals surface area contributed by atoms with E-state index in [9.17, 15) is 26.3 Å². The van der Waals surface area contributed by atoms with Crippen molar-refractivity contribution in [3.05, 3.63) is 290 Å². The fourth-order valence-corrected chi connectivity index (χ4v) is 17.5. The summed E-state index contributed by atoms with van der Waals surface area (Å²) >= 11 is 0. The van der Waals surface area contributed by atoms with Crippen LogP contribution in [0, 0.1) is 186 Å². The van der Waals surface area contributed by atoms with Crippen LogP contribution in [0.5, 0.6) is 0 Å². The maximum absolute atomic E-state index is 9.51. The molecule has 0 aromatic heterocycles. The van der Waals surface area contributed by atoms with Crippen molar-refractivity contribution in [1.29, 1.82) is 26.3 Å². The molecule has 594 valence electrons. The first-order valence-corrected chi connectivity index (χ1v) is 39.3. The van der Waals surface area contributed by atoms with Gasteiger partial charge in [0.25, 0.3) is 0 Å². The van der Waals surface area contributed by atoms with Crippen LogP contribution in [-0.4, -0.2) is 66.1 Å². The lowest BCUT2D eigenvalue weighted by atomic mass is 10.0. The number of fused-ring (bicyclic) bond motifs is 5. The molecule has 5 aliphatic heterocycles. The van der Waals surface area contributed by atoms with Gasteiger partial charge in [-0.1, -0.05) is 121 Å². The highest BCUT2D eigenvalue weighted by Crippen LogP contribution is 2.58. The van der Waals surface area contributed by atoms with Crippen LogP contribution in [0.4, 0.5) is 114 Å². The largest absolute Gasteiger partial charge is 0.353 e. The molecule has 0 aliphatic carbocycles. The third-order valence-corrected chi connectivity index (χ3v) is 24.3. The van der Waals surface area contributed by atoms with Gasteiger partial charge in [0.15, 0.2) is 0 Å². The number of hydrogen-bond acceptors (Lipinski definition) is 15. The van der Waals surface area contributed by atoms with Crippen molar-refractivity contribution in [2.75, 3.05) is 84.2 Å². The van der Waals surface area contributed by atoms with E-state index in [1.54, 1.807) is 60.7 Å². The number of para-hydroxylation sites is 1. The number of benzene rings is 10. The van der Waals surface area contributed by atoms with Crippen LogP contribution >= 0.6 is 0 Å². The summed E-state index contributed by atoms with van der Waals surface area (Å²) in [5.41, 5.74) is 36.7. The molecule has 5 atom stereocenters. The average molecular weight is 1570 g/mol. The number of nitrogens with zero attached hydrogens (tertiary/aromatic N) is 20. The first-order valence-electron chi connectivity index (χ1n) is 39.3. The molecular weight excluding hydrogens is 1470 g/mol. The molecule has 0 spiro atoms. The minimum atomic E-state index is 0.0363. The van der Waals surface area contributed by atoms with E-state index in [0.717, 1.165) is 96.4 Å². The molecule has 5 heterocycles. The Balaban J connectivity index is 0.000000146. The van der Waals surface area contributed by atoms with Crippen LogP contribution in [0.25, 0.3) is 24.2 Å². The van der Waals surface area contributed by atoms with Gasteiger partial charge in [0, 0.05) is 63.7 Å². The highest BCUT2D eigenvalue weighted by atomic mass is 15.4. The zero-order valence-electron chi connectivity index (χ0n) is 72.5. The molecule has 20 heteroatoms. The Morgan fingerprint density at radius 2 is 0.513 bits per heavy atom. The summed E-state index contributed by atoms with van der Waals surface area (Å²) in [6.45, 7) is 77.7. The van der Waals surface area contributed by atoms with Gasteiger partial charge in [-0.05, 0) is 216 Å². The van der Waals surface area contributed by atoms with Gasteiger partial charge >= 0.3 is 0 Å². The molecule has 20 nitrogen and oxygen atoms in total. The molecule has 0 saturated heterocycles. The molecule has 119 heavy (non-hydrogen) atoms. The van der Waals surface area contributed by atoms with Crippen LogP contribution < -0.4 is 49.0 Å². The molecular formula is C99H98N20. The Bertz CT molecular complexity index is 6250. The first-order chi connectivity index (χ1) is 56.6. The van der Waals surface area contributed by atoms with E-state index in [1.807, 2.05) is 41.3 Å². The maximum atomic E-state index is 9.51. The molecule has 0 fully saturated rings. The zero-order chi connectivity index (χ0) is 87.1. The summed E-state index contributed by atoms with van der Waals surface area (Å²) < 4.78 is 0. The fraction of sp³-hybridized carbons (Fsp3) is 0.293. The van der Waals surface area contributed by atoms with Crippen molar-refractivity contribution in [1.82, 2.24) is 0 Å². The van der Waals surface area contributed by atoms with E-state index in [1.165, 1.54) is 66.8 Å². The second kappa shape index (κ2) is 33.9. The van der Waals surface area contributed by atoms with Crippen molar-refractivity contribution < 1.29 is 0 Å². The van der Waals surface area contributed by atoms with Gasteiger partial charge in [-0.2, -0.15) is 26.3 Å². The van der Waals surface area contributed by atoms with Crippen molar-refractivity contribution in [2.24, 2.45) is 0 Å². The molecule has 0 radical (unpaired) electrons. The Hall–Kier alpha value is -14.9. The van der Waals surface area contributed by atoms with Gasteiger partial charge in [0.05, 0.1) is 118 Å². The van der Waals surface area contributed by atoms with E-state index in [4.69, 9.17) is 32.9 Å². The average Bonchev–Trinajstić information content (AvgIpc) is 1.62. The second-order valence-corrected chi connectivity index (χ2v) is 31.4. The van der Waals surface area contributed by atoms with E-state index in [-0.39, 0.29) is 30.8 Å². The van der Waals surface area contributed by atoms with Crippen molar-refractivity contribution in [2.45, 2.75) is 162 Å². The minimum absolute atomic E-state index is 0.0363. The van der Waals surface area contributed by atoms with Crippen LogP contribution in [0.2, 0.25) is 0 Å². The van der Waals surface area contributed by atoms with Crippen LogP contribution in [0.3, 0.4) is 0 Å². The summed E-state index contributed by atoms with van der Waals surface area (Å²) in [5.74, 6) is 0. The third-order valence-electron chi connectivity index (χ3n) is 24.3. The Morgan fingerprint density at radius 3 is 0.849 bits per heavy atom. The molecule has 10 aromatic carbocycles. The predicted octanol–water partition coefficient (Wildman–Crippen LogP) is 24.5. The van der Waals surface area contributed by atoms with E-state index < -0.39 is 0 Å². The predicted molar refractivity (Wildman–Crippen MR) is 486 cm³/mol. The number of hydrogen-bond donors (Lipinski definition) is 0. The molecule has 0 saturated carbocycles. The first kappa shape index (κ1) is 85.0. The monoisotopic (exact) mass is 1570 g/mol. The van der Waals surface area contributed by atoms with E-state index in [0.29, 0.717) is 56.3 Å². The summed E-state index contributed by atoms with van der Waals surface area (Å²) in [4.78, 5) is 39.9. The maximum Gasteiger partial charge on any atom is 0.212 e. The molecule has 15 rings (SSSR count). The lowest BCUT2D eigenvalue weighted by molar-refractivity contribution is 0.730. The highest BCUT2D eigenvalue weighted by Gasteiger charge is 2.43. The summed E-state index contributed by atoms with van der Waals surface area (Å²) in [5, 5.41) is 47.5. The van der Waals surface area contributed by atoms with Gasteiger partial charge < -0.3 is 49.0 Å². The van der Waals surface area contributed by atoms with Crippen molar-refractivity contribution in [3.63, 3.8) is 0 Å². The molecule has 10 aromatic rings. The highest BCUT2D eigenvalue weighted by molar-refractivity contribution is 6.02. The van der Waals surface area contributed by atoms with Gasteiger partial charge in [-0.3, -0.25) is 0 Å². The number of rotatable bonds is 5. The van der Waals surface area contributed by atoms with Crippen LogP contribution in [0.1, 0.15) is 140 Å². The number of aryl methyl sites for hydroxylation is 12. The van der Waals surface area contributed by atoms with Crippen LogP contribution in [0.15, 0.2) is 127 Å². The molecule has 0 unspecified atom stereocenters. The quantitative estimate of drug-likeness (QED) is 0.149. The molecule has 0 bridgehead atoms. The SMILES string of the molecule is [C-]#[N+]c1ccc(C#N)c2c1N(c1c(C)cc(C)cc1C)[C@@H](C)N2C.[C-]#[N+]c1ccc(C#N)c2c1N(c1c(C)ccc(C)c1C)[C@@H](C)N2C.[C-]#[N+]c1ccc(C#N)c2c1N(c1c(C)cccc1C)[C@@H](C)N2C.[C-]#[N+]c1ccc(C#N)c2c1N(c1cc(C)c(C)cc1C)[C@@H](C)N2C.[C-]#[N+]c1ccc(C#N)c2c1N(c1cc(C)cc(C)c1C)[C@@H](C)N2C. The second-order valence-electron chi connectivity index (χ2n) is 31.4. The third kappa shape index (κ3) is 14.6. The summed E-state index contributed by atoms with van der Waals surface area (Å²) in [6, 6.07) is 52.3. The van der Waals surface area contributed by atoms with Gasteiger partial charge in [0.1, 0.15) is 61.2 Å². The van der Waals surface area contributed by atoms with Gasteiger partial charge in [-0.15, -0.1) is 0 Å². The zero-order valence-corrected chi connectivity index (χ0v) is 72.5. The molecule has 0 amide bonds. The lowest BCUT2D eigenvalue weighted by Gasteiger charge is -2.31. The van der Waals surface area contributed by atoms with E-state index >= 15 is 0 Å². The fourth-order valence-electron chi connectivity index (χ4n) is 17.5. The van der Waals surface area contributed by atoms with E-state index in [2.05, 4.69) is 296 Å². The number of nitriles is 5. The van der Waals surface area contributed by atoms with Crippen molar-refractivity contribution >= 4 is 114 Å². The topological polar surface area (TPSA) is 173 Å².